The van der Waals surface area contributed by atoms with Crippen LogP contribution in [-0.4, -0.2) is 39.7 Å². The van der Waals surface area contributed by atoms with E-state index in [9.17, 15) is 4.79 Å². The Morgan fingerprint density at radius 3 is 2.38 bits per heavy atom. The normalized spacial score (nSPS) is 18.7. The number of hydrogen-bond donors (Lipinski definition) is 0. The quantitative estimate of drug-likeness (QED) is 0.674. The third kappa shape index (κ3) is 3.55. The van der Waals surface area contributed by atoms with Crippen LogP contribution in [0.1, 0.15) is 37.9 Å². The van der Waals surface area contributed by atoms with Crippen LogP contribution in [0.3, 0.4) is 0 Å². The third-order valence-electron chi connectivity index (χ3n) is 6.41. The van der Waals surface area contributed by atoms with Crippen molar-refractivity contribution in [3.63, 3.8) is 0 Å². The number of nitrogens with zero attached hydrogens (tertiary/aromatic N) is 3. The van der Waals surface area contributed by atoms with Crippen LogP contribution in [0.5, 0.6) is 5.75 Å². The molecule has 2 aromatic carbocycles. The second kappa shape index (κ2) is 7.64. The minimum atomic E-state index is -0.0369. The fourth-order valence-electron chi connectivity index (χ4n) is 4.52. The zero-order valence-electron chi connectivity index (χ0n) is 16.9. The molecule has 2 aliphatic rings. The zero-order valence-corrected chi connectivity index (χ0v) is 16.9. The molecule has 0 spiro atoms. The summed E-state index contributed by atoms with van der Waals surface area (Å²) in [5.41, 5.74) is 1.52. The SMILES string of the molecule is Cc1nc2ccccc2c(=O)n1-c1ccc(OC2CCN(C3CCC3)CC2)cc1. The molecule has 0 unspecified atom stereocenters. The maximum absolute atomic E-state index is 13.0. The smallest absolute Gasteiger partial charge is 0.265 e. The second-order valence-corrected chi connectivity index (χ2v) is 8.25. The number of likely N-dealkylation sites (tertiary alicyclic amines) is 1. The average Bonchev–Trinajstić information content (AvgIpc) is 2.69. The molecule has 5 rings (SSSR count). The van der Waals surface area contributed by atoms with Gasteiger partial charge in [-0.25, -0.2) is 4.98 Å². The van der Waals surface area contributed by atoms with Crippen molar-refractivity contribution in [2.24, 2.45) is 0 Å². The zero-order chi connectivity index (χ0) is 19.8. The highest BCUT2D eigenvalue weighted by atomic mass is 16.5. The highest BCUT2D eigenvalue weighted by Crippen LogP contribution is 2.28. The van der Waals surface area contributed by atoms with Crippen molar-refractivity contribution in [1.82, 2.24) is 14.5 Å². The lowest BCUT2D eigenvalue weighted by Crippen LogP contribution is -2.46. The van der Waals surface area contributed by atoms with Crippen LogP contribution in [-0.2, 0) is 0 Å². The van der Waals surface area contributed by atoms with Gasteiger partial charge in [-0.1, -0.05) is 18.6 Å². The molecule has 1 saturated heterocycles. The molecule has 0 bridgehead atoms. The van der Waals surface area contributed by atoms with Crippen LogP contribution in [0.25, 0.3) is 16.6 Å². The molecule has 5 nitrogen and oxygen atoms in total. The Morgan fingerprint density at radius 1 is 0.966 bits per heavy atom. The fraction of sp³-hybridized carbons (Fsp3) is 0.417. The predicted molar refractivity (Wildman–Crippen MR) is 115 cm³/mol. The van der Waals surface area contributed by atoms with Gasteiger partial charge in [-0.05, 0) is 69.0 Å². The maximum Gasteiger partial charge on any atom is 0.265 e. The van der Waals surface area contributed by atoms with Crippen molar-refractivity contribution in [2.45, 2.75) is 51.2 Å². The van der Waals surface area contributed by atoms with Crippen molar-refractivity contribution in [1.29, 1.82) is 0 Å². The summed E-state index contributed by atoms with van der Waals surface area (Å²) < 4.78 is 7.90. The van der Waals surface area contributed by atoms with E-state index in [2.05, 4.69) is 9.88 Å². The number of aryl methyl sites for hydroxylation is 1. The summed E-state index contributed by atoms with van der Waals surface area (Å²) in [5.74, 6) is 1.56. The maximum atomic E-state index is 13.0. The van der Waals surface area contributed by atoms with Gasteiger partial charge in [-0.15, -0.1) is 0 Å². The summed E-state index contributed by atoms with van der Waals surface area (Å²) in [7, 11) is 0. The van der Waals surface area contributed by atoms with E-state index in [1.807, 2.05) is 55.5 Å². The predicted octanol–water partition coefficient (Wildman–Crippen LogP) is 4.09. The molecule has 1 saturated carbocycles. The van der Waals surface area contributed by atoms with Crippen LogP contribution in [0.2, 0.25) is 0 Å². The monoisotopic (exact) mass is 389 g/mol. The molecule has 0 radical (unpaired) electrons. The van der Waals surface area contributed by atoms with Crippen LogP contribution in [0.15, 0.2) is 53.3 Å². The van der Waals surface area contributed by atoms with Crippen molar-refractivity contribution in [2.75, 3.05) is 13.1 Å². The van der Waals surface area contributed by atoms with Gasteiger partial charge in [0.2, 0.25) is 0 Å². The molecule has 2 heterocycles. The molecule has 0 atom stereocenters. The van der Waals surface area contributed by atoms with Gasteiger partial charge in [0.15, 0.2) is 0 Å². The van der Waals surface area contributed by atoms with Crippen molar-refractivity contribution >= 4 is 10.9 Å². The number of benzene rings is 2. The lowest BCUT2D eigenvalue weighted by Gasteiger charge is -2.41. The number of fused-ring (bicyclic) bond motifs is 1. The van der Waals surface area contributed by atoms with Gasteiger partial charge in [0.1, 0.15) is 17.7 Å². The topological polar surface area (TPSA) is 47.4 Å². The van der Waals surface area contributed by atoms with E-state index in [1.165, 1.54) is 19.3 Å². The average molecular weight is 389 g/mol. The van der Waals surface area contributed by atoms with Crippen LogP contribution >= 0.6 is 0 Å². The molecule has 150 valence electrons. The highest BCUT2D eigenvalue weighted by molar-refractivity contribution is 5.77. The molecule has 29 heavy (non-hydrogen) atoms. The number of para-hydroxylation sites is 1. The summed E-state index contributed by atoms with van der Waals surface area (Å²) in [5, 5.41) is 0.636. The van der Waals surface area contributed by atoms with Crippen LogP contribution < -0.4 is 10.3 Å². The molecule has 1 aromatic heterocycles. The third-order valence-corrected chi connectivity index (χ3v) is 6.41. The Morgan fingerprint density at radius 2 is 1.69 bits per heavy atom. The summed E-state index contributed by atoms with van der Waals surface area (Å²) in [6, 6.07) is 16.1. The first-order valence-corrected chi connectivity index (χ1v) is 10.7. The largest absolute Gasteiger partial charge is 0.490 e. The highest BCUT2D eigenvalue weighted by Gasteiger charge is 2.29. The van der Waals surface area contributed by atoms with Gasteiger partial charge >= 0.3 is 0 Å². The molecule has 1 aliphatic heterocycles. The van der Waals surface area contributed by atoms with Gasteiger partial charge in [-0.3, -0.25) is 9.36 Å². The number of hydrogen-bond acceptors (Lipinski definition) is 4. The molecule has 0 amide bonds. The summed E-state index contributed by atoms with van der Waals surface area (Å²) in [6.45, 7) is 4.16. The summed E-state index contributed by atoms with van der Waals surface area (Å²) in [6.07, 6.45) is 6.59. The van der Waals surface area contributed by atoms with Crippen LogP contribution in [0, 0.1) is 6.92 Å². The molecule has 2 fully saturated rings. The van der Waals surface area contributed by atoms with Gasteiger partial charge < -0.3 is 9.64 Å². The number of piperidine rings is 1. The molecule has 1 aliphatic carbocycles. The Hall–Kier alpha value is -2.66. The fourth-order valence-corrected chi connectivity index (χ4v) is 4.52. The molecule has 0 N–H and O–H groups in total. The second-order valence-electron chi connectivity index (χ2n) is 8.25. The van der Waals surface area contributed by atoms with E-state index >= 15 is 0 Å². The van der Waals surface area contributed by atoms with Gasteiger partial charge in [0, 0.05) is 19.1 Å². The van der Waals surface area contributed by atoms with Gasteiger partial charge in [0.25, 0.3) is 5.56 Å². The van der Waals surface area contributed by atoms with Crippen molar-refractivity contribution in [3.05, 3.63) is 64.7 Å². The van der Waals surface area contributed by atoms with E-state index in [4.69, 9.17) is 4.74 Å². The molecule has 3 aromatic rings. The minimum Gasteiger partial charge on any atom is -0.490 e. The Balaban J connectivity index is 1.31. The van der Waals surface area contributed by atoms with Crippen molar-refractivity contribution < 1.29 is 4.74 Å². The first kappa shape index (κ1) is 18.4. The van der Waals surface area contributed by atoms with E-state index in [1.54, 1.807) is 4.57 Å². The first-order valence-electron chi connectivity index (χ1n) is 10.7. The standard InChI is InChI=1S/C24H27N3O2/c1-17-25-23-8-3-2-7-22(23)24(28)27(17)19-9-11-20(12-10-19)29-21-13-15-26(16-14-21)18-5-4-6-18/h2-3,7-12,18,21H,4-6,13-16H2,1H3. The van der Waals surface area contributed by atoms with E-state index < -0.39 is 0 Å². The summed E-state index contributed by atoms with van der Waals surface area (Å²) >= 11 is 0. The molecular formula is C24H27N3O2. The van der Waals surface area contributed by atoms with Crippen LogP contribution in [0.4, 0.5) is 0 Å². The van der Waals surface area contributed by atoms with Crippen molar-refractivity contribution in [3.8, 4) is 11.4 Å². The number of aromatic nitrogens is 2. The summed E-state index contributed by atoms with van der Waals surface area (Å²) in [4.78, 5) is 20.2. The minimum absolute atomic E-state index is 0.0369. The first-order chi connectivity index (χ1) is 14.2. The molecular weight excluding hydrogens is 362 g/mol. The Bertz CT molecular complexity index is 1060. The van der Waals surface area contributed by atoms with Gasteiger partial charge in [-0.2, -0.15) is 0 Å². The Kier molecular flexibility index (Phi) is 4.84. The van der Waals surface area contributed by atoms with E-state index in [0.29, 0.717) is 11.2 Å². The molecule has 5 heteroatoms. The van der Waals surface area contributed by atoms with E-state index in [0.717, 1.165) is 48.9 Å². The lowest BCUT2D eigenvalue weighted by atomic mass is 9.90. The Labute approximate surface area is 170 Å². The number of rotatable bonds is 4. The number of ether oxygens (including phenoxy) is 1. The van der Waals surface area contributed by atoms with E-state index in [-0.39, 0.29) is 11.7 Å². The lowest BCUT2D eigenvalue weighted by molar-refractivity contribution is 0.0493. The van der Waals surface area contributed by atoms with Gasteiger partial charge in [0.05, 0.1) is 16.6 Å².